The van der Waals surface area contributed by atoms with Crippen molar-refractivity contribution in [2.45, 2.75) is 13.5 Å². The smallest absolute Gasteiger partial charge is 0.246 e. The van der Waals surface area contributed by atoms with Gasteiger partial charge in [0, 0.05) is 17.3 Å². The quantitative estimate of drug-likeness (QED) is 0.806. The van der Waals surface area contributed by atoms with Crippen LogP contribution in [0, 0.1) is 0 Å². The van der Waals surface area contributed by atoms with Gasteiger partial charge in [0.15, 0.2) is 0 Å². The lowest BCUT2D eigenvalue weighted by molar-refractivity contribution is -0.130. The van der Waals surface area contributed by atoms with Gasteiger partial charge < -0.3 is 10.2 Å². The molecule has 0 aliphatic carbocycles. The monoisotopic (exact) mass is 281 g/mol. The number of rotatable bonds is 4. The number of imide groups is 1. The minimum absolute atomic E-state index is 0.175. The van der Waals surface area contributed by atoms with Crippen molar-refractivity contribution in [2.75, 3.05) is 24.5 Å². The summed E-state index contributed by atoms with van der Waals surface area (Å²) in [5.74, 6) is -0.576. The third kappa shape index (κ3) is 3.45. The lowest BCUT2D eigenvalue weighted by atomic mass is 10.1. The molecule has 1 aromatic carbocycles. The molecule has 1 heterocycles. The Bertz CT molecular complexity index is 489. The van der Waals surface area contributed by atoms with E-state index < -0.39 is 0 Å². The van der Waals surface area contributed by atoms with Gasteiger partial charge in [-0.25, -0.2) is 0 Å². The van der Waals surface area contributed by atoms with Gasteiger partial charge in [-0.1, -0.05) is 24.6 Å². The fourth-order valence-electron chi connectivity index (χ4n) is 1.96. The second kappa shape index (κ2) is 6.04. The molecule has 0 spiro atoms. The topological polar surface area (TPSA) is 61.4 Å². The van der Waals surface area contributed by atoms with E-state index >= 15 is 0 Å². The van der Waals surface area contributed by atoms with E-state index in [1.807, 2.05) is 19.1 Å². The minimum Gasteiger partial charge on any atom is -0.353 e. The average molecular weight is 282 g/mol. The van der Waals surface area contributed by atoms with E-state index in [2.05, 4.69) is 10.6 Å². The summed E-state index contributed by atoms with van der Waals surface area (Å²) in [6, 6.07) is 5.59. The Morgan fingerprint density at radius 3 is 2.58 bits per heavy atom. The van der Waals surface area contributed by atoms with Gasteiger partial charge in [-0.3, -0.25) is 14.9 Å². The van der Waals surface area contributed by atoms with Crippen molar-refractivity contribution >= 4 is 29.1 Å². The summed E-state index contributed by atoms with van der Waals surface area (Å²) < 4.78 is 0. The molecule has 5 nitrogen and oxygen atoms in total. The highest BCUT2D eigenvalue weighted by Crippen LogP contribution is 2.24. The number of nitrogens with one attached hydrogen (secondary N) is 2. The molecule has 2 amide bonds. The molecule has 1 fully saturated rings. The SMILES string of the molecule is CCNCc1ccc(N2CC(=O)NC(=O)C2)cc1Cl. The third-order valence-corrected chi connectivity index (χ3v) is 3.27. The molecule has 6 heteroatoms. The minimum atomic E-state index is -0.288. The molecule has 0 bridgehead atoms. The van der Waals surface area contributed by atoms with Crippen LogP contribution in [0.2, 0.25) is 5.02 Å². The predicted molar refractivity (Wildman–Crippen MR) is 74.2 cm³/mol. The van der Waals surface area contributed by atoms with Crippen LogP contribution in [-0.2, 0) is 16.1 Å². The molecule has 1 aromatic rings. The zero-order valence-corrected chi connectivity index (χ0v) is 11.5. The van der Waals surface area contributed by atoms with Gasteiger partial charge in [0.2, 0.25) is 11.8 Å². The molecule has 0 atom stereocenters. The van der Waals surface area contributed by atoms with Crippen LogP contribution in [0.15, 0.2) is 18.2 Å². The van der Waals surface area contributed by atoms with Crippen LogP contribution >= 0.6 is 11.6 Å². The van der Waals surface area contributed by atoms with Crippen molar-refractivity contribution in [3.05, 3.63) is 28.8 Å². The van der Waals surface area contributed by atoms with E-state index in [0.717, 1.165) is 17.8 Å². The van der Waals surface area contributed by atoms with Gasteiger partial charge in [-0.05, 0) is 24.2 Å². The number of halogens is 1. The maximum atomic E-state index is 11.3. The van der Waals surface area contributed by atoms with Crippen molar-refractivity contribution in [1.82, 2.24) is 10.6 Å². The molecule has 1 aliphatic rings. The lowest BCUT2D eigenvalue weighted by Crippen LogP contribution is -2.51. The fourth-order valence-corrected chi connectivity index (χ4v) is 2.20. The highest BCUT2D eigenvalue weighted by atomic mass is 35.5. The lowest BCUT2D eigenvalue weighted by Gasteiger charge is -2.27. The summed E-state index contributed by atoms with van der Waals surface area (Å²) in [5.41, 5.74) is 1.79. The maximum Gasteiger partial charge on any atom is 0.246 e. The van der Waals surface area contributed by atoms with E-state index in [4.69, 9.17) is 11.6 Å². The second-order valence-electron chi connectivity index (χ2n) is 4.38. The molecule has 0 radical (unpaired) electrons. The van der Waals surface area contributed by atoms with Crippen LogP contribution in [0.25, 0.3) is 0 Å². The van der Waals surface area contributed by atoms with Crippen LogP contribution in [0.5, 0.6) is 0 Å². The van der Waals surface area contributed by atoms with Crippen LogP contribution < -0.4 is 15.5 Å². The number of hydrogen-bond donors (Lipinski definition) is 2. The van der Waals surface area contributed by atoms with Gasteiger partial charge in [-0.15, -0.1) is 0 Å². The molecule has 2 N–H and O–H groups in total. The zero-order valence-electron chi connectivity index (χ0n) is 10.7. The Morgan fingerprint density at radius 1 is 1.32 bits per heavy atom. The van der Waals surface area contributed by atoms with E-state index in [0.29, 0.717) is 11.6 Å². The van der Waals surface area contributed by atoms with Crippen LogP contribution in [0.1, 0.15) is 12.5 Å². The number of anilines is 1. The van der Waals surface area contributed by atoms with Gasteiger partial charge in [0.1, 0.15) is 0 Å². The molecule has 0 unspecified atom stereocenters. The first kappa shape index (κ1) is 13.8. The van der Waals surface area contributed by atoms with E-state index in [9.17, 15) is 9.59 Å². The van der Waals surface area contributed by atoms with Gasteiger partial charge in [0.05, 0.1) is 13.1 Å². The molecule has 0 aromatic heterocycles. The van der Waals surface area contributed by atoms with Crippen molar-refractivity contribution in [3.8, 4) is 0 Å². The molecule has 1 saturated heterocycles. The van der Waals surface area contributed by atoms with Gasteiger partial charge >= 0.3 is 0 Å². The molecule has 2 rings (SSSR count). The Morgan fingerprint density at radius 2 is 2.00 bits per heavy atom. The summed E-state index contributed by atoms with van der Waals surface area (Å²) in [4.78, 5) is 24.4. The summed E-state index contributed by atoms with van der Waals surface area (Å²) in [6.45, 7) is 3.96. The molecule has 0 saturated carbocycles. The van der Waals surface area contributed by atoms with Crippen LogP contribution in [-0.4, -0.2) is 31.4 Å². The fraction of sp³-hybridized carbons (Fsp3) is 0.385. The highest BCUT2D eigenvalue weighted by Gasteiger charge is 2.22. The number of carbonyl (C=O) groups is 2. The number of piperazine rings is 1. The Labute approximate surface area is 116 Å². The average Bonchev–Trinajstić information content (AvgIpc) is 2.36. The Kier molecular flexibility index (Phi) is 4.39. The first-order valence-corrected chi connectivity index (χ1v) is 6.54. The second-order valence-corrected chi connectivity index (χ2v) is 4.79. The van der Waals surface area contributed by atoms with Crippen molar-refractivity contribution in [1.29, 1.82) is 0 Å². The van der Waals surface area contributed by atoms with Gasteiger partial charge in [0.25, 0.3) is 0 Å². The summed E-state index contributed by atoms with van der Waals surface area (Å²) in [7, 11) is 0. The maximum absolute atomic E-state index is 11.3. The van der Waals surface area contributed by atoms with Crippen molar-refractivity contribution < 1.29 is 9.59 Å². The van der Waals surface area contributed by atoms with Crippen molar-refractivity contribution in [2.24, 2.45) is 0 Å². The predicted octanol–water partition coefficient (Wildman–Crippen LogP) is 0.912. The van der Waals surface area contributed by atoms with Gasteiger partial charge in [-0.2, -0.15) is 0 Å². The number of carbonyl (C=O) groups excluding carboxylic acids is 2. The molecule has 1 aliphatic heterocycles. The van der Waals surface area contributed by atoms with E-state index in [1.54, 1.807) is 11.0 Å². The standard InChI is InChI=1S/C13H16ClN3O2/c1-2-15-6-9-3-4-10(5-11(9)14)17-7-12(18)16-13(19)8-17/h3-5,15H,2,6-8H2,1H3,(H,16,18,19). The van der Waals surface area contributed by atoms with Crippen LogP contribution in [0.3, 0.4) is 0 Å². The largest absolute Gasteiger partial charge is 0.353 e. The van der Waals surface area contributed by atoms with E-state index in [-0.39, 0.29) is 24.9 Å². The Balaban J connectivity index is 2.14. The summed E-state index contributed by atoms with van der Waals surface area (Å²) >= 11 is 6.20. The molecular weight excluding hydrogens is 266 g/mol. The number of nitrogens with zero attached hydrogens (tertiary/aromatic N) is 1. The number of benzene rings is 1. The van der Waals surface area contributed by atoms with E-state index in [1.165, 1.54) is 0 Å². The molecule has 102 valence electrons. The third-order valence-electron chi connectivity index (χ3n) is 2.92. The highest BCUT2D eigenvalue weighted by molar-refractivity contribution is 6.31. The number of amides is 2. The normalized spacial score (nSPS) is 15.6. The first-order chi connectivity index (χ1) is 9.10. The molecular formula is C13H16ClN3O2. The van der Waals surface area contributed by atoms with Crippen molar-refractivity contribution in [3.63, 3.8) is 0 Å². The first-order valence-electron chi connectivity index (χ1n) is 6.17. The van der Waals surface area contributed by atoms with Crippen LogP contribution in [0.4, 0.5) is 5.69 Å². The summed E-state index contributed by atoms with van der Waals surface area (Å²) in [6.07, 6.45) is 0. The number of hydrogen-bond acceptors (Lipinski definition) is 4. The molecule has 19 heavy (non-hydrogen) atoms. The Hall–Kier alpha value is -1.59. The summed E-state index contributed by atoms with van der Waals surface area (Å²) in [5, 5.41) is 6.11. The zero-order chi connectivity index (χ0) is 13.8.